The monoisotopic (exact) mass is 388 g/mol. The smallest absolute Gasteiger partial charge is 0.257 e. The fourth-order valence-corrected chi connectivity index (χ4v) is 3.21. The van der Waals surface area contributed by atoms with Gasteiger partial charge in [0.1, 0.15) is 5.82 Å². The molecule has 1 aromatic carbocycles. The zero-order chi connectivity index (χ0) is 20.8. The average molecular weight is 389 g/mol. The Morgan fingerprint density at radius 2 is 1.66 bits per heavy atom. The molecule has 0 spiro atoms. The van der Waals surface area contributed by atoms with Crippen LogP contribution in [0.25, 0.3) is 0 Å². The first-order valence-electron chi connectivity index (χ1n) is 9.98. The molecule has 0 atom stereocenters. The maximum atomic E-state index is 12.9. The number of hydrogen-bond donors (Lipinski definition) is 2. The molecule has 0 saturated carbocycles. The van der Waals surface area contributed by atoms with Crippen molar-refractivity contribution in [3.8, 4) is 0 Å². The summed E-state index contributed by atoms with van der Waals surface area (Å²) in [5.41, 5.74) is 4.81. The standard InChI is InChI=1S/C24H28N4O/c1-16(2)20-8-5-9-21(17(3)4)23(20)28-24(29)19-10-11-22(27-15-19)26-14-18-7-6-12-25-13-18/h5-13,15-17H,14H2,1-4H3,(H,26,27)(H,28,29). The first kappa shape index (κ1) is 20.5. The molecular formula is C24H28N4O. The van der Waals surface area contributed by atoms with Crippen LogP contribution < -0.4 is 10.6 Å². The van der Waals surface area contributed by atoms with Crippen LogP contribution in [-0.2, 0) is 6.54 Å². The Bertz CT molecular complexity index is 924. The zero-order valence-corrected chi connectivity index (χ0v) is 17.4. The summed E-state index contributed by atoms with van der Waals surface area (Å²) in [5.74, 6) is 1.21. The molecule has 3 aromatic rings. The van der Waals surface area contributed by atoms with Gasteiger partial charge < -0.3 is 10.6 Å². The van der Waals surface area contributed by atoms with E-state index in [1.54, 1.807) is 18.5 Å². The largest absolute Gasteiger partial charge is 0.366 e. The Morgan fingerprint density at radius 3 is 2.21 bits per heavy atom. The second-order valence-electron chi connectivity index (χ2n) is 7.72. The van der Waals surface area contributed by atoms with Gasteiger partial charge in [-0.15, -0.1) is 0 Å². The first-order chi connectivity index (χ1) is 14.0. The predicted octanol–water partition coefficient (Wildman–Crippen LogP) is 5.59. The quantitative estimate of drug-likeness (QED) is 0.554. The number of benzene rings is 1. The van der Waals surface area contributed by atoms with Gasteiger partial charge in [0, 0.05) is 30.8 Å². The van der Waals surface area contributed by atoms with Crippen LogP contribution in [0.15, 0.2) is 61.1 Å². The van der Waals surface area contributed by atoms with Crippen LogP contribution in [0, 0.1) is 0 Å². The summed E-state index contributed by atoms with van der Waals surface area (Å²) < 4.78 is 0. The number of carbonyl (C=O) groups is 1. The average Bonchev–Trinajstić information content (AvgIpc) is 2.73. The van der Waals surface area contributed by atoms with Gasteiger partial charge >= 0.3 is 0 Å². The summed E-state index contributed by atoms with van der Waals surface area (Å²) in [6, 6.07) is 13.7. The van der Waals surface area contributed by atoms with Crippen LogP contribution in [0.2, 0.25) is 0 Å². The molecule has 0 bridgehead atoms. The molecule has 3 rings (SSSR count). The van der Waals surface area contributed by atoms with Gasteiger partial charge in [0.2, 0.25) is 0 Å². The highest BCUT2D eigenvalue weighted by molar-refractivity contribution is 6.05. The van der Waals surface area contributed by atoms with E-state index < -0.39 is 0 Å². The van der Waals surface area contributed by atoms with E-state index in [0.717, 1.165) is 28.2 Å². The third-order valence-electron chi connectivity index (χ3n) is 4.83. The lowest BCUT2D eigenvalue weighted by molar-refractivity contribution is 0.102. The van der Waals surface area contributed by atoms with Crippen molar-refractivity contribution >= 4 is 17.4 Å². The van der Waals surface area contributed by atoms with E-state index in [2.05, 4.69) is 66.5 Å². The third kappa shape index (κ3) is 5.19. The van der Waals surface area contributed by atoms with Crippen LogP contribution >= 0.6 is 0 Å². The lowest BCUT2D eigenvalue weighted by atomic mass is 9.92. The summed E-state index contributed by atoms with van der Waals surface area (Å²) >= 11 is 0. The van der Waals surface area contributed by atoms with Crippen LogP contribution in [0.1, 0.15) is 66.6 Å². The van der Waals surface area contributed by atoms with E-state index in [1.807, 2.05) is 24.4 Å². The molecule has 1 amide bonds. The minimum Gasteiger partial charge on any atom is -0.366 e. The molecule has 2 heterocycles. The Labute approximate surface area is 172 Å². The van der Waals surface area contributed by atoms with Gasteiger partial charge in [0.15, 0.2) is 0 Å². The van der Waals surface area contributed by atoms with Crippen molar-refractivity contribution in [2.24, 2.45) is 0 Å². The van der Waals surface area contributed by atoms with Crippen molar-refractivity contribution in [3.05, 3.63) is 83.3 Å². The van der Waals surface area contributed by atoms with E-state index >= 15 is 0 Å². The number of amides is 1. The number of para-hydroxylation sites is 1. The molecule has 0 radical (unpaired) electrons. The fourth-order valence-electron chi connectivity index (χ4n) is 3.21. The lowest BCUT2D eigenvalue weighted by Gasteiger charge is -2.20. The van der Waals surface area contributed by atoms with Gasteiger partial charge in [-0.05, 0) is 46.7 Å². The Morgan fingerprint density at radius 1 is 0.931 bits per heavy atom. The molecule has 0 fully saturated rings. The van der Waals surface area contributed by atoms with Crippen molar-refractivity contribution in [2.75, 3.05) is 10.6 Å². The molecule has 29 heavy (non-hydrogen) atoms. The molecular weight excluding hydrogens is 360 g/mol. The van der Waals surface area contributed by atoms with Crippen LogP contribution in [-0.4, -0.2) is 15.9 Å². The second kappa shape index (κ2) is 9.32. The third-order valence-corrected chi connectivity index (χ3v) is 4.83. The zero-order valence-electron chi connectivity index (χ0n) is 17.4. The Balaban J connectivity index is 1.73. The van der Waals surface area contributed by atoms with E-state index in [1.165, 1.54) is 0 Å². The van der Waals surface area contributed by atoms with Gasteiger partial charge in [-0.1, -0.05) is 52.0 Å². The summed E-state index contributed by atoms with van der Waals surface area (Å²) in [4.78, 5) is 21.4. The normalized spacial score (nSPS) is 11.0. The molecule has 5 nitrogen and oxygen atoms in total. The summed E-state index contributed by atoms with van der Waals surface area (Å²) in [7, 11) is 0. The Hall–Kier alpha value is -3.21. The van der Waals surface area contributed by atoms with Crippen molar-refractivity contribution in [2.45, 2.75) is 46.1 Å². The van der Waals surface area contributed by atoms with Crippen LogP contribution in [0.3, 0.4) is 0 Å². The molecule has 0 aliphatic heterocycles. The molecule has 0 unspecified atom stereocenters. The predicted molar refractivity (Wildman–Crippen MR) is 118 cm³/mol. The molecule has 0 saturated heterocycles. The van der Waals surface area contributed by atoms with Crippen molar-refractivity contribution in [1.82, 2.24) is 9.97 Å². The molecule has 5 heteroatoms. The van der Waals surface area contributed by atoms with Crippen molar-refractivity contribution < 1.29 is 4.79 Å². The SMILES string of the molecule is CC(C)c1cccc(C(C)C)c1NC(=O)c1ccc(NCc2cccnc2)nc1. The lowest BCUT2D eigenvalue weighted by Crippen LogP contribution is -2.16. The van der Waals surface area contributed by atoms with Gasteiger partial charge in [-0.25, -0.2) is 4.98 Å². The van der Waals surface area contributed by atoms with Crippen LogP contribution in [0.4, 0.5) is 11.5 Å². The maximum Gasteiger partial charge on any atom is 0.257 e. The maximum absolute atomic E-state index is 12.9. The topological polar surface area (TPSA) is 66.9 Å². The van der Waals surface area contributed by atoms with Gasteiger partial charge in [-0.2, -0.15) is 0 Å². The summed E-state index contributed by atoms with van der Waals surface area (Å²) in [6.07, 6.45) is 5.17. The van der Waals surface area contributed by atoms with Gasteiger partial charge in [-0.3, -0.25) is 9.78 Å². The van der Waals surface area contributed by atoms with Gasteiger partial charge in [0.05, 0.1) is 5.56 Å². The van der Waals surface area contributed by atoms with Crippen molar-refractivity contribution in [3.63, 3.8) is 0 Å². The summed E-state index contributed by atoms with van der Waals surface area (Å²) in [6.45, 7) is 9.18. The number of aromatic nitrogens is 2. The number of nitrogens with one attached hydrogen (secondary N) is 2. The molecule has 2 N–H and O–H groups in total. The minimum absolute atomic E-state index is 0.147. The van der Waals surface area contributed by atoms with Crippen LogP contribution in [0.5, 0.6) is 0 Å². The molecule has 0 aliphatic carbocycles. The number of pyridine rings is 2. The number of nitrogens with zero attached hydrogens (tertiary/aromatic N) is 2. The Kier molecular flexibility index (Phi) is 6.60. The molecule has 150 valence electrons. The minimum atomic E-state index is -0.147. The van der Waals surface area contributed by atoms with E-state index in [0.29, 0.717) is 23.9 Å². The molecule has 2 aromatic heterocycles. The molecule has 0 aliphatic rings. The first-order valence-corrected chi connectivity index (χ1v) is 9.98. The van der Waals surface area contributed by atoms with E-state index in [9.17, 15) is 4.79 Å². The number of anilines is 2. The fraction of sp³-hybridized carbons (Fsp3) is 0.292. The second-order valence-corrected chi connectivity index (χ2v) is 7.72. The number of rotatable bonds is 7. The number of hydrogen-bond acceptors (Lipinski definition) is 4. The number of carbonyl (C=O) groups excluding carboxylic acids is 1. The highest BCUT2D eigenvalue weighted by Gasteiger charge is 2.17. The highest BCUT2D eigenvalue weighted by atomic mass is 16.1. The van der Waals surface area contributed by atoms with E-state index in [4.69, 9.17) is 0 Å². The van der Waals surface area contributed by atoms with Crippen molar-refractivity contribution in [1.29, 1.82) is 0 Å². The van der Waals surface area contributed by atoms with Gasteiger partial charge in [0.25, 0.3) is 5.91 Å². The van der Waals surface area contributed by atoms with E-state index in [-0.39, 0.29) is 5.91 Å². The summed E-state index contributed by atoms with van der Waals surface area (Å²) in [5, 5.41) is 6.37. The highest BCUT2D eigenvalue weighted by Crippen LogP contribution is 2.32.